The third kappa shape index (κ3) is 10.4. The van der Waals surface area contributed by atoms with Crippen LogP contribution < -0.4 is 10.2 Å². The third-order valence-electron chi connectivity index (χ3n) is 6.85. The van der Waals surface area contributed by atoms with Gasteiger partial charge >= 0.3 is 12.1 Å². The molecule has 0 aliphatic carbocycles. The molecule has 0 aliphatic heterocycles. The van der Waals surface area contributed by atoms with Crippen molar-refractivity contribution in [3.05, 3.63) is 40.7 Å². The van der Waals surface area contributed by atoms with Crippen LogP contribution in [-0.4, -0.2) is 89.7 Å². The number of carbonyl (C=O) groups excluding carboxylic acids is 3. The molecule has 0 atom stereocenters. The van der Waals surface area contributed by atoms with E-state index in [1.807, 2.05) is 13.8 Å². The molecule has 256 valence electrons. The maximum atomic E-state index is 14.2. The Morgan fingerprint density at radius 3 is 2.49 bits per heavy atom. The van der Waals surface area contributed by atoms with Gasteiger partial charge in [-0.15, -0.1) is 0 Å². The monoisotopic (exact) mass is 668 g/mol. The van der Waals surface area contributed by atoms with Gasteiger partial charge in [0.1, 0.15) is 18.0 Å². The third-order valence-corrected chi connectivity index (χ3v) is 8.55. The Hall–Kier alpha value is -4.19. The van der Waals surface area contributed by atoms with Gasteiger partial charge in [-0.05, 0) is 65.3 Å². The molecule has 14 heteroatoms. The summed E-state index contributed by atoms with van der Waals surface area (Å²) in [5, 5.41) is 16.9. The van der Waals surface area contributed by atoms with Gasteiger partial charge in [-0.2, -0.15) is 5.10 Å². The molecule has 0 aliphatic rings. The summed E-state index contributed by atoms with van der Waals surface area (Å²) in [6, 6.07) is 5.80. The number of aliphatic hydroxyl groups excluding tert-OH is 1. The first-order chi connectivity index (χ1) is 22.1. The second-order valence-electron chi connectivity index (χ2n) is 13.2. The molecule has 0 radical (unpaired) electrons. The molecule has 47 heavy (non-hydrogen) atoms. The van der Waals surface area contributed by atoms with Crippen molar-refractivity contribution in [3.63, 3.8) is 0 Å². The molecule has 0 unspecified atom stereocenters. The Kier molecular flexibility index (Phi) is 12.7. The average Bonchev–Trinajstić information content (AvgIpc) is 3.55. The molecular weight excluding hydrogens is 620 g/mol. The van der Waals surface area contributed by atoms with E-state index in [9.17, 15) is 19.5 Å². The van der Waals surface area contributed by atoms with Gasteiger partial charge < -0.3 is 29.2 Å². The molecule has 0 saturated carbocycles. The summed E-state index contributed by atoms with van der Waals surface area (Å²) >= 11 is 0. The number of anilines is 1. The fourth-order valence-electron chi connectivity index (χ4n) is 4.64. The maximum absolute atomic E-state index is 14.2. The van der Waals surface area contributed by atoms with Crippen molar-refractivity contribution < 1.29 is 33.7 Å². The van der Waals surface area contributed by atoms with Gasteiger partial charge in [0.2, 0.25) is 5.95 Å². The van der Waals surface area contributed by atoms with Crippen LogP contribution in [0.3, 0.4) is 0 Å². The van der Waals surface area contributed by atoms with E-state index in [2.05, 4.69) is 41.9 Å². The normalized spacial score (nSPS) is 11.6. The van der Waals surface area contributed by atoms with Crippen molar-refractivity contribution in [1.29, 1.82) is 0 Å². The zero-order valence-electron chi connectivity index (χ0n) is 29.0. The van der Waals surface area contributed by atoms with Crippen LogP contribution in [0, 0.1) is 18.8 Å². The summed E-state index contributed by atoms with van der Waals surface area (Å²) in [7, 11) is -0.131. The van der Waals surface area contributed by atoms with E-state index >= 15 is 0 Å². The number of nitrogens with one attached hydrogen (secondary N) is 1. The smallest absolute Gasteiger partial charge is 0.408 e. The number of rotatable bonds is 13. The molecular formula is C33H48N6O7Si. The summed E-state index contributed by atoms with van der Waals surface area (Å²) in [6.45, 7) is 16.8. The first-order valence-electron chi connectivity index (χ1n) is 15.7. The van der Waals surface area contributed by atoms with Crippen LogP contribution in [0.4, 0.5) is 10.7 Å². The summed E-state index contributed by atoms with van der Waals surface area (Å²) < 4.78 is 19.8. The van der Waals surface area contributed by atoms with E-state index < -0.39 is 25.7 Å². The number of aliphatic hydroxyl groups is 1. The minimum Gasteiger partial charge on any atom is -0.465 e. The number of hydrogen-bond donors (Lipinski definition) is 2. The van der Waals surface area contributed by atoms with Crippen LogP contribution in [0.15, 0.2) is 18.2 Å². The van der Waals surface area contributed by atoms with Crippen LogP contribution in [-0.2, 0) is 27.3 Å². The Morgan fingerprint density at radius 2 is 1.87 bits per heavy atom. The lowest BCUT2D eigenvalue weighted by Gasteiger charge is -2.24. The van der Waals surface area contributed by atoms with Crippen molar-refractivity contribution in [2.45, 2.75) is 85.4 Å². The predicted molar refractivity (Wildman–Crippen MR) is 182 cm³/mol. The molecule has 0 fully saturated rings. The summed E-state index contributed by atoms with van der Waals surface area (Å²) in [4.78, 5) is 45.4. The Bertz CT molecular complexity index is 1640. The highest BCUT2D eigenvalue weighted by atomic mass is 28.3. The van der Waals surface area contributed by atoms with Gasteiger partial charge in [-0.1, -0.05) is 31.5 Å². The zero-order valence-corrected chi connectivity index (χ0v) is 30.0. The van der Waals surface area contributed by atoms with E-state index in [0.717, 1.165) is 6.04 Å². The highest BCUT2D eigenvalue weighted by Crippen LogP contribution is 2.29. The van der Waals surface area contributed by atoms with Crippen molar-refractivity contribution >= 4 is 43.0 Å². The van der Waals surface area contributed by atoms with Gasteiger partial charge in [-0.3, -0.25) is 14.4 Å². The number of esters is 1. The van der Waals surface area contributed by atoms with Crippen molar-refractivity contribution in [2.24, 2.45) is 0 Å². The topological polar surface area (TPSA) is 150 Å². The number of alkyl carbamates (subject to hydrolysis) is 1. The Morgan fingerprint density at radius 1 is 1.15 bits per heavy atom. The number of aromatic nitrogens is 4. The summed E-state index contributed by atoms with van der Waals surface area (Å²) in [6.07, 6.45) is -0.255. The van der Waals surface area contributed by atoms with Crippen molar-refractivity contribution in [3.8, 4) is 11.8 Å². The number of fused-ring (bicyclic) bond motifs is 1. The molecule has 2 aromatic heterocycles. The minimum atomic E-state index is -1.41. The van der Waals surface area contributed by atoms with Gasteiger partial charge in [-0.25, -0.2) is 14.6 Å². The number of methoxy groups -OCH3 is 1. The summed E-state index contributed by atoms with van der Waals surface area (Å²) in [5.41, 5.74) is 1.99. The number of amides is 2. The van der Waals surface area contributed by atoms with Crippen molar-refractivity contribution in [2.75, 3.05) is 38.5 Å². The number of imidazole rings is 1. The molecule has 1 aromatic carbocycles. The number of ether oxygens (including phenoxy) is 3. The largest absolute Gasteiger partial charge is 0.465 e. The van der Waals surface area contributed by atoms with E-state index in [0.29, 0.717) is 47.6 Å². The lowest BCUT2D eigenvalue weighted by molar-refractivity contribution is 0.0533. The first-order valence-corrected chi connectivity index (χ1v) is 19.4. The van der Waals surface area contributed by atoms with E-state index in [1.54, 1.807) is 48.2 Å². The lowest BCUT2D eigenvalue weighted by atomic mass is 10.1. The van der Waals surface area contributed by atoms with E-state index in [4.69, 9.17) is 19.2 Å². The van der Waals surface area contributed by atoms with Crippen LogP contribution in [0.5, 0.6) is 0 Å². The van der Waals surface area contributed by atoms with Gasteiger partial charge in [0.15, 0.2) is 0 Å². The van der Waals surface area contributed by atoms with E-state index in [1.165, 1.54) is 12.0 Å². The lowest BCUT2D eigenvalue weighted by Crippen LogP contribution is -2.37. The molecule has 2 heterocycles. The Balaban J connectivity index is 2.18. The highest BCUT2D eigenvalue weighted by molar-refractivity contribution is 6.76. The average molecular weight is 669 g/mol. The Labute approximate surface area is 277 Å². The van der Waals surface area contributed by atoms with Crippen LogP contribution in [0.25, 0.3) is 11.0 Å². The van der Waals surface area contributed by atoms with E-state index in [-0.39, 0.29) is 43.8 Å². The van der Waals surface area contributed by atoms with Gasteiger partial charge in [0.05, 0.1) is 41.5 Å². The minimum absolute atomic E-state index is 0.0214. The number of hydrogen-bond acceptors (Lipinski definition) is 9. The quantitative estimate of drug-likeness (QED) is 0.0878. The second-order valence-corrected chi connectivity index (χ2v) is 18.9. The maximum Gasteiger partial charge on any atom is 0.408 e. The second kappa shape index (κ2) is 16.1. The molecule has 2 amide bonds. The number of benzene rings is 1. The zero-order chi connectivity index (χ0) is 34.9. The number of nitrogens with zero attached hydrogens (tertiary/aromatic N) is 5. The molecule has 3 rings (SSSR count). The van der Waals surface area contributed by atoms with Crippen molar-refractivity contribution in [1.82, 2.24) is 24.6 Å². The van der Waals surface area contributed by atoms with Crippen LogP contribution >= 0.6 is 0 Å². The standard InChI is InChI=1S/C33H48N6O7Si/c1-10-39-27(19-23(2)36-39)29(41)38(22-45-17-18-47(7,8)9)31-35-26-21-25(30(42)44-6)20-24(28(26)37(31)15-12-16-40)13-11-14-34-32(43)46-33(3,4)5/h19-21,40H,10,12,14-18,22H2,1-9H3,(H,34,43). The molecule has 13 nitrogen and oxygen atoms in total. The number of carbonyl (C=O) groups is 3. The highest BCUT2D eigenvalue weighted by Gasteiger charge is 2.29. The SMILES string of the molecule is CCn1nc(C)cc1C(=O)N(COCC[Si](C)(C)C)c1nc2cc(C(=O)OC)cc(C#CCNC(=O)OC(C)(C)C)c2n1CCCO. The number of aryl methyl sites for hydroxylation is 3. The van der Waals surface area contributed by atoms with Gasteiger partial charge in [0, 0.05) is 34.4 Å². The molecule has 0 saturated heterocycles. The summed E-state index contributed by atoms with van der Waals surface area (Å²) in [5.74, 6) is 5.30. The molecule has 3 aromatic rings. The molecule has 2 N–H and O–H groups in total. The van der Waals surface area contributed by atoms with Crippen LogP contribution in [0.1, 0.15) is 66.2 Å². The van der Waals surface area contributed by atoms with Gasteiger partial charge in [0.25, 0.3) is 5.91 Å². The molecule has 0 spiro atoms. The fraction of sp³-hybridized carbons (Fsp3) is 0.545. The predicted octanol–water partition coefficient (Wildman–Crippen LogP) is 4.57. The molecule has 0 bridgehead atoms. The van der Waals surface area contributed by atoms with Crippen LogP contribution in [0.2, 0.25) is 25.7 Å². The first kappa shape index (κ1) is 37.3. The fourth-order valence-corrected chi connectivity index (χ4v) is 5.40.